The summed E-state index contributed by atoms with van der Waals surface area (Å²) in [6, 6.07) is 7.30. The molecule has 0 saturated carbocycles. The zero-order chi connectivity index (χ0) is 14.4. The van der Waals surface area contributed by atoms with Gasteiger partial charge in [-0.1, -0.05) is 27.5 Å². The van der Waals surface area contributed by atoms with Crippen LogP contribution in [0, 0.1) is 0 Å². The molecule has 7 heteroatoms. The van der Waals surface area contributed by atoms with Gasteiger partial charge in [-0.05, 0) is 56.1 Å². The Morgan fingerprint density at radius 1 is 1.15 bits per heavy atom. The van der Waals surface area contributed by atoms with Gasteiger partial charge in [-0.25, -0.2) is 4.98 Å². The molecule has 0 aliphatic heterocycles. The minimum Gasteiger partial charge on any atom is -0.436 e. The SMILES string of the molecule is Nc1c(Br)cc2oc(-c3cc(Br)ccc3Cl)nc2c1Br. The molecule has 20 heavy (non-hydrogen) atoms. The number of aromatic nitrogens is 1. The molecule has 0 spiro atoms. The predicted octanol–water partition coefficient (Wildman–Crippen LogP) is 6.02. The van der Waals surface area contributed by atoms with Crippen LogP contribution in [0.4, 0.5) is 5.69 Å². The molecular weight excluding hydrogens is 475 g/mol. The predicted molar refractivity (Wildman–Crippen MR) is 92.0 cm³/mol. The number of hydrogen-bond donors (Lipinski definition) is 1. The van der Waals surface area contributed by atoms with Crippen molar-refractivity contribution in [3.05, 3.63) is 42.7 Å². The van der Waals surface area contributed by atoms with Gasteiger partial charge in [0.25, 0.3) is 0 Å². The lowest BCUT2D eigenvalue weighted by molar-refractivity contribution is 0.619. The van der Waals surface area contributed by atoms with E-state index in [1.54, 1.807) is 12.1 Å². The Bertz CT molecular complexity index is 832. The van der Waals surface area contributed by atoms with Crippen LogP contribution in [-0.4, -0.2) is 4.98 Å². The molecule has 2 aromatic carbocycles. The highest BCUT2D eigenvalue weighted by Gasteiger charge is 2.16. The van der Waals surface area contributed by atoms with Crippen molar-refractivity contribution in [1.82, 2.24) is 4.98 Å². The first kappa shape index (κ1) is 14.4. The highest BCUT2D eigenvalue weighted by atomic mass is 79.9. The number of rotatable bonds is 1. The molecule has 0 radical (unpaired) electrons. The molecule has 3 nitrogen and oxygen atoms in total. The summed E-state index contributed by atoms with van der Waals surface area (Å²) in [5.41, 5.74) is 8.54. The first-order valence-corrected chi connectivity index (χ1v) is 8.22. The van der Waals surface area contributed by atoms with E-state index in [0.717, 1.165) is 14.5 Å². The van der Waals surface area contributed by atoms with Gasteiger partial charge in [0, 0.05) is 8.95 Å². The van der Waals surface area contributed by atoms with Crippen LogP contribution in [0.5, 0.6) is 0 Å². The highest BCUT2D eigenvalue weighted by Crippen LogP contribution is 2.39. The Labute approximate surface area is 144 Å². The van der Waals surface area contributed by atoms with E-state index in [1.165, 1.54) is 0 Å². The maximum Gasteiger partial charge on any atom is 0.228 e. The second kappa shape index (κ2) is 5.33. The molecule has 0 bridgehead atoms. The van der Waals surface area contributed by atoms with E-state index in [9.17, 15) is 0 Å². The van der Waals surface area contributed by atoms with Crippen molar-refractivity contribution >= 4 is 76.2 Å². The van der Waals surface area contributed by atoms with E-state index in [1.807, 2.05) is 12.1 Å². The number of anilines is 1. The van der Waals surface area contributed by atoms with E-state index in [2.05, 4.69) is 52.8 Å². The smallest absolute Gasteiger partial charge is 0.228 e. The van der Waals surface area contributed by atoms with E-state index >= 15 is 0 Å². The van der Waals surface area contributed by atoms with E-state index in [-0.39, 0.29) is 0 Å². The summed E-state index contributed by atoms with van der Waals surface area (Å²) in [6.07, 6.45) is 0. The molecule has 102 valence electrons. The van der Waals surface area contributed by atoms with Crippen molar-refractivity contribution in [2.24, 2.45) is 0 Å². The molecule has 1 heterocycles. The minimum atomic E-state index is 0.449. The Balaban J connectivity index is 2.28. The number of hydrogen-bond acceptors (Lipinski definition) is 3. The van der Waals surface area contributed by atoms with Crippen molar-refractivity contribution in [2.75, 3.05) is 5.73 Å². The Morgan fingerprint density at radius 2 is 1.90 bits per heavy atom. The summed E-state index contributed by atoms with van der Waals surface area (Å²) in [7, 11) is 0. The largest absolute Gasteiger partial charge is 0.436 e. The molecule has 0 unspecified atom stereocenters. The van der Waals surface area contributed by atoms with Crippen molar-refractivity contribution in [2.45, 2.75) is 0 Å². The zero-order valence-corrected chi connectivity index (χ0v) is 15.3. The molecular formula is C13H6Br3ClN2O. The fourth-order valence-corrected chi connectivity index (χ4v) is 3.52. The monoisotopic (exact) mass is 478 g/mol. The summed E-state index contributed by atoms with van der Waals surface area (Å²) in [5, 5.41) is 0.572. The molecule has 2 N–H and O–H groups in total. The van der Waals surface area contributed by atoms with Crippen LogP contribution in [-0.2, 0) is 0 Å². The van der Waals surface area contributed by atoms with Crippen molar-refractivity contribution in [3.8, 4) is 11.5 Å². The highest BCUT2D eigenvalue weighted by molar-refractivity contribution is 9.11. The van der Waals surface area contributed by atoms with Crippen LogP contribution in [0.3, 0.4) is 0 Å². The average Bonchev–Trinajstić information content (AvgIpc) is 2.83. The minimum absolute atomic E-state index is 0.449. The van der Waals surface area contributed by atoms with Crippen molar-refractivity contribution < 1.29 is 4.42 Å². The van der Waals surface area contributed by atoms with Gasteiger partial charge >= 0.3 is 0 Å². The third-order valence-electron chi connectivity index (χ3n) is 2.77. The standard InChI is InChI=1S/C13H6Br3ClN2O/c14-5-1-2-8(17)6(3-5)13-19-12-9(20-13)4-7(15)11(18)10(12)16/h1-4H,18H2. The summed E-state index contributed by atoms with van der Waals surface area (Å²) >= 11 is 16.4. The van der Waals surface area contributed by atoms with Gasteiger partial charge in [0.15, 0.2) is 5.58 Å². The van der Waals surface area contributed by atoms with Gasteiger partial charge < -0.3 is 10.2 Å². The maximum absolute atomic E-state index is 6.19. The summed E-state index contributed by atoms with van der Waals surface area (Å²) < 4.78 is 8.12. The number of halogens is 4. The quantitative estimate of drug-likeness (QED) is 0.433. The molecule has 0 aliphatic rings. The van der Waals surface area contributed by atoms with E-state index in [0.29, 0.717) is 32.2 Å². The van der Waals surface area contributed by atoms with Gasteiger partial charge in [0.2, 0.25) is 5.89 Å². The van der Waals surface area contributed by atoms with Gasteiger partial charge in [-0.15, -0.1) is 0 Å². The average molecular weight is 481 g/mol. The van der Waals surface area contributed by atoms with Crippen molar-refractivity contribution in [1.29, 1.82) is 0 Å². The first-order chi connectivity index (χ1) is 9.47. The number of fused-ring (bicyclic) bond motifs is 1. The lowest BCUT2D eigenvalue weighted by atomic mass is 10.2. The van der Waals surface area contributed by atoms with Crippen LogP contribution in [0.25, 0.3) is 22.6 Å². The summed E-state index contributed by atoms with van der Waals surface area (Å²) in [4.78, 5) is 4.47. The number of benzene rings is 2. The van der Waals surface area contributed by atoms with Gasteiger partial charge in [-0.3, -0.25) is 0 Å². The Kier molecular flexibility index (Phi) is 3.83. The fraction of sp³-hybridized carbons (Fsp3) is 0. The number of nitrogens with zero attached hydrogens (tertiary/aromatic N) is 1. The topological polar surface area (TPSA) is 52.0 Å². The van der Waals surface area contributed by atoms with E-state index in [4.69, 9.17) is 21.8 Å². The molecule has 0 atom stereocenters. The molecule has 1 aromatic heterocycles. The molecule has 0 fully saturated rings. The number of nitrogen functional groups attached to an aromatic ring is 1. The van der Waals surface area contributed by atoms with Crippen LogP contribution in [0.2, 0.25) is 5.02 Å². The molecule has 0 amide bonds. The van der Waals surface area contributed by atoms with Crippen LogP contribution in [0.1, 0.15) is 0 Å². The third-order valence-corrected chi connectivity index (χ3v) is 5.05. The van der Waals surface area contributed by atoms with Gasteiger partial charge in [0.1, 0.15) is 5.52 Å². The number of nitrogens with two attached hydrogens (primary N) is 1. The Morgan fingerprint density at radius 3 is 2.65 bits per heavy atom. The number of oxazole rings is 1. The van der Waals surface area contributed by atoms with Crippen LogP contribution >= 0.6 is 59.4 Å². The summed E-state index contributed by atoms with van der Waals surface area (Å²) in [6.45, 7) is 0. The molecule has 3 rings (SSSR count). The van der Waals surface area contributed by atoms with Crippen LogP contribution in [0.15, 0.2) is 42.1 Å². The summed E-state index contributed by atoms with van der Waals surface area (Å²) in [5.74, 6) is 0.449. The molecule has 0 saturated heterocycles. The lowest BCUT2D eigenvalue weighted by Gasteiger charge is -1.99. The lowest BCUT2D eigenvalue weighted by Crippen LogP contribution is -1.88. The fourth-order valence-electron chi connectivity index (χ4n) is 1.79. The first-order valence-electron chi connectivity index (χ1n) is 5.47. The van der Waals surface area contributed by atoms with E-state index < -0.39 is 0 Å². The second-order valence-corrected chi connectivity index (χ2v) is 7.05. The van der Waals surface area contributed by atoms with Gasteiger partial charge in [0.05, 0.1) is 20.7 Å². The van der Waals surface area contributed by atoms with Gasteiger partial charge in [-0.2, -0.15) is 0 Å². The molecule has 3 aromatic rings. The zero-order valence-electron chi connectivity index (χ0n) is 9.75. The van der Waals surface area contributed by atoms with Crippen molar-refractivity contribution in [3.63, 3.8) is 0 Å². The molecule has 0 aliphatic carbocycles. The van der Waals surface area contributed by atoms with Crippen LogP contribution < -0.4 is 5.73 Å². The normalized spacial score (nSPS) is 11.2. The second-order valence-electron chi connectivity index (χ2n) is 4.08. The third kappa shape index (κ3) is 2.39. The maximum atomic E-state index is 6.19. The Hall–Kier alpha value is -0.560.